The number of nitriles is 1. The molecular weight excluding hydrogens is 366 g/mol. The van der Waals surface area contributed by atoms with Crippen LogP contribution < -0.4 is 9.62 Å². The van der Waals surface area contributed by atoms with Crippen molar-refractivity contribution in [3.05, 3.63) is 59.7 Å². The average molecular weight is 385 g/mol. The maximum absolute atomic E-state index is 12.2. The molecule has 2 aromatic carbocycles. The molecule has 0 heterocycles. The van der Waals surface area contributed by atoms with Crippen molar-refractivity contribution in [2.24, 2.45) is 0 Å². The van der Waals surface area contributed by atoms with E-state index < -0.39 is 10.0 Å². The first-order chi connectivity index (χ1) is 12.7. The van der Waals surface area contributed by atoms with Crippen molar-refractivity contribution in [3.8, 4) is 6.07 Å². The Morgan fingerprint density at radius 3 is 2.48 bits per heavy atom. The summed E-state index contributed by atoms with van der Waals surface area (Å²) in [6, 6.07) is 14.7. The van der Waals surface area contributed by atoms with Gasteiger partial charge in [-0.05, 0) is 37.3 Å². The van der Waals surface area contributed by atoms with Crippen molar-refractivity contribution >= 4 is 33.1 Å². The number of benzene rings is 2. The number of anilines is 2. The fraction of sp³-hybridized carbons (Fsp3) is 0.211. The van der Waals surface area contributed by atoms with Crippen LogP contribution >= 0.6 is 0 Å². The maximum Gasteiger partial charge on any atom is 0.232 e. The monoisotopic (exact) mass is 385 g/mol. The van der Waals surface area contributed by atoms with E-state index in [2.05, 4.69) is 5.32 Å². The van der Waals surface area contributed by atoms with Crippen LogP contribution in [0.4, 0.5) is 11.4 Å². The lowest BCUT2D eigenvalue weighted by molar-refractivity contribution is -0.116. The summed E-state index contributed by atoms with van der Waals surface area (Å²) in [6.45, 7) is 1.32. The van der Waals surface area contributed by atoms with Crippen molar-refractivity contribution in [1.29, 1.82) is 5.26 Å². The lowest BCUT2D eigenvalue weighted by Gasteiger charge is -2.22. The van der Waals surface area contributed by atoms with Crippen LogP contribution in [-0.4, -0.2) is 32.9 Å². The number of hydrogen-bond donors (Lipinski definition) is 1. The quantitative estimate of drug-likeness (QED) is 0.737. The van der Waals surface area contributed by atoms with E-state index in [4.69, 9.17) is 5.26 Å². The highest BCUT2D eigenvalue weighted by atomic mass is 32.2. The second-order valence-corrected chi connectivity index (χ2v) is 7.84. The second kappa shape index (κ2) is 8.47. The van der Waals surface area contributed by atoms with Gasteiger partial charge in [-0.25, -0.2) is 8.42 Å². The highest BCUT2D eigenvalue weighted by molar-refractivity contribution is 7.92. The highest BCUT2D eigenvalue weighted by Crippen LogP contribution is 2.20. The van der Waals surface area contributed by atoms with E-state index >= 15 is 0 Å². The number of sulfonamides is 1. The Hall–Kier alpha value is -3.18. The van der Waals surface area contributed by atoms with Crippen molar-refractivity contribution in [1.82, 2.24) is 0 Å². The van der Waals surface area contributed by atoms with Gasteiger partial charge >= 0.3 is 0 Å². The molecule has 0 saturated heterocycles. The molecule has 140 valence electrons. The molecule has 0 unspecified atom stereocenters. The average Bonchev–Trinajstić information content (AvgIpc) is 2.61. The third-order valence-electron chi connectivity index (χ3n) is 3.76. The van der Waals surface area contributed by atoms with Crippen LogP contribution in [0.3, 0.4) is 0 Å². The summed E-state index contributed by atoms with van der Waals surface area (Å²) in [7, 11) is -3.64. The molecule has 7 nitrogen and oxygen atoms in total. The zero-order chi connectivity index (χ0) is 20.0. The van der Waals surface area contributed by atoms with E-state index in [0.29, 0.717) is 22.5 Å². The van der Waals surface area contributed by atoms with Gasteiger partial charge in [-0.1, -0.05) is 18.2 Å². The topological polar surface area (TPSA) is 107 Å². The largest absolute Gasteiger partial charge is 0.326 e. The molecule has 27 heavy (non-hydrogen) atoms. The normalized spacial score (nSPS) is 10.7. The van der Waals surface area contributed by atoms with Crippen LogP contribution in [-0.2, 0) is 14.8 Å². The molecule has 0 aliphatic rings. The summed E-state index contributed by atoms with van der Waals surface area (Å²) >= 11 is 0. The van der Waals surface area contributed by atoms with E-state index in [9.17, 15) is 18.0 Å². The molecule has 8 heteroatoms. The van der Waals surface area contributed by atoms with Crippen LogP contribution in [0.1, 0.15) is 29.3 Å². The molecular formula is C19H19N3O4S. The third kappa shape index (κ3) is 5.66. The van der Waals surface area contributed by atoms with Crippen molar-refractivity contribution < 1.29 is 18.0 Å². The Kier molecular flexibility index (Phi) is 6.32. The number of ketones is 1. The molecule has 0 spiro atoms. The lowest BCUT2D eigenvalue weighted by atomic mass is 10.1. The van der Waals surface area contributed by atoms with Gasteiger partial charge in [-0.15, -0.1) is 0 Å². The predicted octanol–water partition coefficient (Wildman–Crippen LogP) is 2.56. The molecule has 1 N–H and O–H groups in total. The van der Waals surface area contributed by atoms with Gasteiger partial charge in [0.25, 0.3) is 0 Å². The molecule has 2 aromatic rings. The highest BCUT2D eigenvalue weighted by Gasteiger charge is 2.19. The van der Waals surface area contributed by atoms with E-state index in [1.165, 1.54) is 19.1 Å². The van der Waals surface area contributed by atoms with Gasteiger partial charge in [0.05, 0.1) is 23.6 Å². The summed E-state index contributed by atoms with van der Waals surface area (Å²) in [5.41, 5.74) is 1.58. The summed E-state index contributed by atoms with van der Waals surface area (Å²) in [5, 5.41) is 11.5. The number of nitrogens with one attached hydrogen (secondary N) is 1. The van der Waals surface area contributed by atoms with E-state index in [1.807, 2.05) is 6.07 Å². The Morgan fingerprint density at radius 1 is 1.15 bits per heavy atom. The Morgan fingerprint density at radius 2 is 1.85 bits per heavy atom. The van der Waals surface area contributed by atoms with Gasteiger partial charge in [0.2, 0.25) is 15.9 Å². The van der Waals surface area contributed by atoms with E-state index in [0.717, 1.165) is 10.6 Å². The van der Waals surface area contributed by atoms with Gasteiger partial charge < -0.3 is 5.32 Å². The molecule has 0 aliphatic heterocycles. The summed E-state index contributed by atoms with van der Waals surface area (Å²) in [5.74, 6) is -0.568. The standard InChI is InChI=1S/C19H19N3O4S/c1-14(23)16-6-4-8-18(12-16)22(27(2,25)26)10-9-19(24)21-17-7-3-5-15(11-17)13-20/h3-8,11-12H,9-10H2,1-2H3,(H,21,24). The number of Topliss-reactive ketones (excluding diaryl/α,β-unsaturated/α-hetero) is 1. The van der Waals surface area contributed by atoms with Gasteiger partial charge in [-0.3, -0.25) is 13.9 Å². The van der Waals surface area contributed by atoms with Gasteiger partial charge in [-0.2, -0.15) is 5.26 Å². The Balaban J connectivity index is 2.13. The lowest BCUT2D eigenvalue weighted by Crippen LogP contribution is -2.33. The predicted molar refractivity (Wildman–Crippen MR) is 103 cm³/mol. The van der Waals surface area contributed by atoms with Crippen LogP contribution in [0.2, 0.25) is 0 Å². The SMILES string of the molecule is CC(=O)c1cccc(N(CCC(=O)Nc2cccc(C#N)c2)S(C)(=O)=O)c1. The molecule has 0 bridgehead atoms. The Bertz CT molecular complexity index is 1010. The zero-order valence-electron chi connectivity index (χ0n) is 15.0. The fourth-order valence-corrected chi connectivity index (χ4v) is 3.38. The van der Waals surface area contributed by atoms with Gasteiger partial charge in [0, 0.05) is 24.2 Å². The first-order valence-corrected chi connectivity index (χ1v) is 9.94. The zero-order valence-corrected chi connectivity index (χ0v) is 15.8. The molecule has 0 aromatic heterocycles. The summed E-state index contributed by atoms with van der Waals surface area (Å²) < 4.78 is 25.4. The third-order valence-corrected chi connectivity index (χ3v) is 4.95. The van der Waals surface area contributed by atoms with Crippen molar-refractivity contribution in [2.45, 2.75) is 13.3 Å². The number of amides is 1. The minimum atomic E-state index is -3.64. The number of nitrogens with zero attached hydrogens (tertiary/aromatic N) is 2. The maximum atomic E-state index is 12.2. The molecule has 2 rings (SSSR count). The molecule has 0 radical (unpaired) electrons. The van der Waals surface area contributed by atoms with E-state index in [-0.39, 0.29) is 24.7 Å². The van der Waals surface area contributed by atoms with Crippen molar-refractivity contribution in [2.75, 3.05) is 22.4 Å². The molecule has 0 saturated carbocycles. The minimum Gasteiger partial charge on any atom is -0.326 e. The van der Waals surface area contributed by atoms with Crippen LogP contribution in [0.25, 0.3) is 0 Å². The first kappa shape index (κ1) is 20.1. The van der Waals surface area contributed by atoms with Gasteiger partial charge in [0.1, 0.15) is 0 Å². The summed E-state index contributed by atoms with van der Waals surface area (Å²) in [6.07, 6.45) is 0.954. The van der Waals surface area contributed by atoms with Gasteiger partial charge in [0.15, 0.2) is 5.78 Å². The molecule has 0 atom stereocenters. The number of hydrogen-bond acceptors (Lipinski definition) is 5. The molecule has 1 amide bonds. The number of carbonyl (C=O) groups is 2. The first-order valence-electron chi connectivity index (χ1n) is 8.09. The van der Waals surface area contributed by atoms with Crippen LogP contribution in [0.5, 0.6) is 0 Å². The number of rotatable bonds is 7. The van der Waals surface area contributed by atoms with E-state index in [1.54, 1.807) is 36.4 Å². The summed E-state index contributed by atoms with van der Waals surface area (Å²) in [4.78, 5) is 23.7. The number of carbonyl (C=O) groups excluding carboxylic acids is 2. The smallest absolute Gasteiger partial charge is 0.232 e. The fourth-order valence-electron chi connectivity index (χ4n) is 2.46. The van der Waals surface area contributed by atoms with Crippen LogP contribution in [0, 0.1) is 11.3 Å². The minimum absolute atomic E-state index is 0.0794. The van der Waals surface area contributed by atoms with Crippen LogP contribution in [0.15, 0.2) is 48.5 Å². The molecule has 0 fully saturated rings. The second-order valence-electron chi connectivity index (χ2n) is 5.93. The van der Waals surface area contributed by atoms with Crippen molar-refractivity contribution in [3.63, 3.8) is 0 Å². The Labute approximate surface area is 158 Å². The molecule has 0 aliphatic carbocycles.